The summed E-state index contributed by atoms with van der Waals surface area (Å²) in [5.41, 5.74) is 2.67. The van der Waals surface area contributed by atoms with Gasteiger partial charge < -0.3 is 19.2 Å². The summed E-state index contributed by atoms with van der Waals surface area (Å²) in [6.07, 6.45) is 0. The lowest BCUT2D eigenvalue weighted by Gasteiger charge is -2.28. The lowest BCUT2D eigenvalue weighted by atomic mass is 9.94. The number of fused-ring (bicyclic) bond motifs is 1. The third-order valence-electron chi connectivity index (χ3n) is 6.78. The molecule has 1 aliphatic rings. The highest BCUT2D eigenvalue weighted by Crippen LogP contribution is 2.45. The van der Waals surface area contributed by atoms with Gasteiger partial charge in [-0.3, -0.25) is 14.5 Å². The van der Waals surface area contributed by atoms with Gasteiger partial charge in [0.2, 0.25) is 5.78 Å². The average molecular weight is 497 g/mol. The normalized spacial score (nSPS) is 15.5. The Balaban J connectivity index is 1.65. The molecule has 0 saturated carbocycles. The minimum atomic E-state index is -0.879. The van der Waals surface area contributed by atoms with E-state index in [0.29, 0.717) is 22.6 Å². The zero-order chi connectivity index (χ0) is 26.1. The summed E-state index contributed by atoms with van der Waals surface area (Å²) in [7, 11) is 1.51. The molecule has 0 bridgehead atoms. The van der Waals surface area contributed by atoms with Crippen LogP contribution in [-0.2, 0) is 4.79 Å². The van der Waals surface area contributed by atoms with Crippen molar-refractivity contribution in [3.8, 4) is 5.75 Å². The van der Waals surface area contributed by atoms with E-state index in [1.165, 1.54) is 12.0 Å². The quantitative estimate of drug-likeness (QED) is 0.298. The molecule has 7 nitrogen and oxygen atoms in total. The third kappa shape index (κ3) is 4.12. The summed E-state index contributed by atoms with van der Waals surface area (Å²) in [6, 6.07) is 22.8. The summed E-state index contributed by atoms with van der Waals surface area (Å²) < 4.78 is 11.3. The minimum Gasteiger partial charge on any atom is -0.503 e. The summed E-state index contributed by atoms with van der Waals surface area (Å²) >= 11 is 0. The van der Waals surface area contributed by atoms with E-state index in [1.807, 2.05) is 42.5 Å². The van der Waals surface area contributed by atoms with Crippen molar-refractivity contribution in [3.05, 3.63) is 102 Å². The Morgan fingerprint density at radius 2 is 1.68 bits per heavy atom. The van der Waals surface area contributed by atoms with Gasteiger partial charge in [0.05, 0.1) is 24.4 Å². The number of Topliss-reactive ketones (excluding diaryl/α,β-unsaturated/α-hetero) is 1. The Morgan fingerprint density at radius 1 is 1.00 bits per heavy atom. The largest absolute Gasteiger partial charge is 0.503 e. The van der Waals surface area contributed by atoms with E-state index in [1.54, 1.807) is 36.4 Å². The lowest BCUT2D eigenvalue weighted by Crippen LogP contribution is -2.31. The Morgan fingerprint density at radius 3 is 2.35 bits per heavy atom. The van der Waals surface area contributed by atoms with Gasteiger partial charge in [0.1, 0.15) is 11.3 Å². The molecule has 4 aromatic rings. The van der Waals surface area contributed by atoms with Crippen LogP contribution in [0, 0.1) is 0 Å². The lowest BCUT2D eigenvalue weighted by molar-refractivity contribution is -0.117. The van der Waals surface area contributed by atoms with Crippen LogP contribution in [0.25, 0.3) is 11.0 Å². The number of rotatable bonds is 8. The molecule has 1 aromatic heterocycles. The highest BCUT2D eigenvalue weighted by molar-refractivity contribution is 6.21. The number of hydrogen-bond acceptors (Lipinski definition) is 6. The highest BCUT2D eigenvalue weighted by Gasteiger charge is 2.46. The van der Waals surface area contributed by atoms with Crippen molar-refractivity contribution in [3.63, 3.8) is 0 Å². The number of anilines is 2. The molecule has 3 aromatic carbocycles. The van der Waals surface area contributed by atoms with E-state index in [0.717, 1.165) is 24.2 Å². The summed E-state index contributed by atoms with van der Waals surface area (Å²) in [6.45, 7) is 5.87. The fourth-order valence-electron chi connectivity index (χ4n) is 4.91. The standard InChI is InChI=1S/C30H28N2O5/c1-4-31(5-2)21-16-14-19(15-17-21)27-26(28(33)25-18-20-10-6-8-12-23(20)37-25)29(34)30(35)32(27)22-11-7-9-13-24(22)36-3/h6-18,27,34H,4-5H2,1-3H3. The van der Waals surface area contributed by atoms with E-state index in [-0.39, 0.29) is 11.3 Å². The first-order valence-electron chi connectivity index (χ1n) is 12.3. The first-order valence-corrected chi connectivity index (χ1v) is 12.3. The first kappa shape index (κ1) is 24.2. The van der Waals surface area contributed by atoms with Crippen LogP contribution in [0.2, 0.25) is 0 Å². The van der Waals surface area contributed by atoms with Crippen LogP contribution in [0.3, 0.4) is 0 Å². The van der Waals surface area contributed by atoms with Crippen molar-refractivity contribution in [2.45, 2.75) is 19.9 Å². The molecule has 0 fully saturated rings. The van der Waals surface area contributed by atoms with Crippen LogP contribution in [0.15, 0.2) is 94.6 Å². The zero-order valence-corrected chi connectivity index (χ0v) is 21.0. The van der Waals surface area contributed by atoms with Gasteiger partial charge in [0, 0.05) is 24.2 Å². The molecule has 1 unspecified atom stereocenters. The van der Waals surface area contributed by atoms with Crippen molar-refractivity contribution in [2.24, 2.45) is 0 Å². The maximum Gasteiger partial charge on any atom is 0.294 e. The van der Waals surface area contributed by atoms with Crippen LogP contribution in [0.5, 0.6) is 5.75 Å². The number of hydrogen-bond donors (Lipinski definition) is 1. The van der Waals surface area contributed by atoms with Crippen molar-refractivity contribution in [1.82, 2.24) is 0 Å². The molecule has 0 radical (unpaired) electrons. The van der Waals surface area contributed by atoms with Gasteiger partial charge >= 0.3 is 0 Å². The van der Waals surface area contributed by atoms with Crippen molar-refractivity contribution >= 4 is 34.0 Å². The number of amides is 1. The van der Waals surface area contributed by atoms with Gasteiger partial charge in [-0.15, -0.1) is 0 Å². The van der Waals surface area contributed by atoms with Crippen molar-refractivity contribution in [1.29, 1.82) is 0 Å². The number of furan rings is 1. The maximum atomic E-state index is 13.8. The van der Waals surface area contributed by atoms with Gasteiger partial charge in [-0.1, -0.05) is 42.5 Å². The Kier molecular flexibility index (Phi) is 6.44. The molecule has 0 saturated heterocycles. The fraction of sp³-hybridized carbons (Fsp3) is 0.200. The number of para-hydroxylation sites is 3. The van der Waals surface area contributed by atoms with Crippen LogP contribution in [0.4, 0.5) is 11.4 Å². The van der Waals surface area contributed by atoms with Crippen molar-refractivity contribution in [2.75, 3.05) is 30.0 Å². The van der Waals surface area contributed by atoms with E-state index < -0.39 is 23.5 Å². The van der Waals surface area contributed by atoms with E-state index in [2.05, 4.69) is 18.7 Å². The van der Waals surface area contributed by atoms with Gasteiger partial charge in [-0.05, 0) is 55.8 Å². The van der Waals surface area contributed by atoms with Gasteiger partial charge in [0.15, 0.2) is 11.5 Å². The number of methoxy groups -OCH3 is 1. The zero-order valence-electron chi connectivity index (χ0n) is 21.0. The molecule has 1 N–H and O–H groups in total. The number of carbonyl (C=O) groups is 2. The summed E-state index contributed by atoms with van der Waals surface area (Å²) in [5.74, 6) is -1.32. The number of benzene rings is 3. The number of ketones is 1. The average Bonchev–Trinajstić information content (AvgIpc) is 3.48. The Hall–Kier alpha value is -4.52. The third-order valence-corrected chi connectivity index (χ3v) is 6.78. The summed E-state index contributed by atoms with van der Waals surface area (Å²) in [5, 5.41) is 11.8. The second kappa shape index (κ2) is 9.85. The molecule has 1 atom stereocenters. The summed E-state index contributed by atoms with van der Waals surface area (Å²) in [4.78, 5) is 31.0. The number of ether oxygens (including phenoxy) is 1. The Labute approximate surface area is 215 Å². The molecule has 188 valence electrons. The highest BCUT2D eigenvalue weighted by atomic mass is 16.5. The first-order chi connectivity index (χ1) is 18.0. The second-order valence-corrected chi connectivity index (χ2v) is 8.75. The number of aliphatic hydroxyl groups is 1. The van der Waals surface area contributed by atoms with E-state index in [4.69, 9.17) is 9.15 Å². The predicted octanol–water partition coefficient (Wildman–Crippen LogP) is 6.07. The molecule has 5 rings (SSSR count). The van der Waals surface area contributed by atoms with E-state index in [9.17, 15) is 14.7 Å². The molecule has 1 amide bonds. The monoisotopic (exact) mass is 496 g/mol. The van der Waals surface area contributed by atoms with Gasteiger partial charge in [-0.25, -0.2) is 0 Å². The smallest absolute Gasteiger partial charge is 0.294 e. The fourth-order valence-corrected chi connectivity index (χ4v) is 4.91. The van der Waals surface area contributed by atoms with Gasteiger partial charge in [-0.2, -0.15) is 0 Å². The molecule has 7 heteroatoms. The molecule has 0 spiro atoms. The number of nitrogens with zero attached hydrogens (tertiary/aromatic N) is 2. The SMILES string of the molecule is CCN(CC)c1ccc(C2C(C(=O)c3cc4ccccc4o3)=C(O)C(=O)N2c2ccccc2OC)cc1. The molecule has 2 heterocycles. The maximum absolute atomic E-state index is 13.8. The molecular weight excluding hydrogens is 468 g/mol. The van der Waals surface area contributed by atoms with Crippen LogP contribution in [-0.4, -0.2) is 37.0 Å². The van der Waals surface area contributed by atoms with Crippen molar-refractivity contribution < 1.29 is 23.8 Å². The molecule has 1 aliphatic heterocycles. The van der Waals surface area contributed by atoms with Crippen LogP contribution < -0.4 is 14.5 Å². The van der Waals surface area contributed by atoms with Crippen LogP contribution >= 0.6 is 0 Å². The number of carbonyl (C=O) groups excluding carboxylic acids is 2. The predicted molar refractivity (Wildman–Crippen MR) is 143 cm³/mol. The van der Waals surface area contributed by atoms with E-state index >= 15 is 0 Å². The Bertz CT molecular complexity index is 1460. The minimum absolute atomic E-state index is 0.0365. The van der Waals surface area contributed by atoms with Gasteiger partial charge in [0.25, 0.3) is 5.91 Å². The second-order valence-electron chi connectivity index (χ2n) is 8.75. The van der Waals surface area contributed by atoms with Crippen LogP contribution in [0.1, 0.15) is 36.0 Å². The molecular formula is C30H28N2O5. The number of aliphatic hydroxyl groups excluding tert-OH is 1. The molecule has 0 aliphatic carbocycles. The topological polar surface area (TPSA) is 83.2 Å². The molecule has 37 heavy (non-hydrogen) atoms.